The highest BCUT2D eigenvalue weighted by Gasteiger charge is 2.32. The third-order valence-corrected chi connectivity index (χ3v) is 6.50. The van der Waals surface area contributed by atoms with Crippen LogP contribution in [0, 0.1) is 6.92 Å². The summed E-state index contributed by atoms with van der Waals surface area (Å²) in [5.74, 6) is 0.707. The second-order valence-corrected chi connectivity index (χ2v) is 8.47. The summed E-state index contributed by atoms with van der Waals surface area (Å²) in [6, 6.07) is 13.1. The Hall–Kier alpha value is -3.26. The SMILES string of the molecule is COc1ccc(C2CC(=O)Nc3c2c(=O)nc(SCc2ccc(C)cc2)n3C)cc1O. The minimum Gasteiger partial charge on any atom is -0.504 e. The van der Waals surface area contributed by atoms with Crippen LogP contribution in [0.25, 0.3) is 0 Å². The number of hydrogen-bond donors (Lipinski definition) is 2. The molecule has 0 spiro atoms. The fourth-order valence-corrected chi connectivity index (χ4v) is 4.63. The van der Waals surface area contributed by atoms with Gasteiger partial charge in [0.25, 0.3) is 5.56 Å². The molecule has 8 heteroatoms. The molecular weight excluding hydrogens is 414 g/mol. The van der Waals surface area contributed by atoms with Crippen LogP contribution >= 0.6 is 11.8 Å². The Bertz CT molecular complexity index is 1200. The molecule has 2 heterocycles. The number of hydrogen-bond acceptors (Lipinski definition) is 6. The van der Waals surface area contributed by atoms with Crippen molar-refractivity contribution in [1.29, 1.82) is 0 Å². The molecule has 1 unspecified atom stereocenters. The summed E-state index contributed by atoms with van der Waals surface area (Å²) in [5, 5.41) is 13.5. The van der Waals surface area contributed by atoms with Gasteiger partial charge in [-0.15, -0.1) is 0 Å². The first-order chi connectivity index (χ1) is 14.9. The third kappa shape index (κ3) is 4.16. The van der Waals surface area contributed by atoms with Crippen LogP contribution in [-0.2, 0) is 17.6 Å². The molecule has 0 aliphatic carbocycles. The second kappa shape index (κ2) is 8.47. The number of amides is 1. The van der Waals surface area contributed by atoms with E-state index in [1.165, 1.54) is 30.5 Å². The molecule has 31 heavy (non-hydrogen) atoms. The summed E-state index contributed by atoms with van der Waals surface area (Å²) >= 11 is 1.44. The molecule has 0 fully saturated rings. The molecular formula is C23H23N3O4S. The first-order valence-electron chi connectivity index (χ1n) is 9.83. The molecule has 1 amide bonds. The van der Waals surface area contributed by atoms with Gasteiger partial charge in [-0.25, -0.2) is 0 Å². The van der Waals surface area contributed by atoms with E-state index in [4.69, 9.17) is 4.74 Å². The molecule has 2 aromatic carbocycles. The van der Waals surface area contributed by atoms with Crippen molar-refractivity contribution in [3.63, 3.8) is 0 Å². The van der Waals surface area contributed by atoms with Crippen molar-refractivity contribution >= 4 is 23.5 Å². The number of fused-ring (bicyclic) bond motifs is 1. The number of carbonyl (C=O) groups is 1. The van der Waals surface area contributed by atoms with Crippen molar-refractivity contribution in [2.24, 2.45) is 7.05 Å². The van der Waals surface area contributed by atoms with E-state index in [0.29, 0.717) is 33.6 Å². The quantitative estimate of drug-likeness (QED) is 0.468. The molecule has 160 valence electrons. The van der Waals surface area contributed by atoms with Crippen LogP contribution in [0.4, 0.5) is 5.82 Å². The zero-order chi connectivity index (χ0) is 22.1. The molecule has 2 N–H and O–H groups in total. The zero-order valence-electron chi connectivity index (χ0n) is 17.5. The summed E-state index contributed by atoms with van der Waals surface area (Å²) in [6.45, 7) is 2.04. The lowest BCUT2D eigenvalue weighted by Crippen LogP contribution is -2.33. The van der Waals surface area contributed by atoms with Gasteiger partial charge in [0.15, 0.2) is 16.7 Å². The summed E-state index contributed by atoms with van der Waals surface area (Å²) in [7, 11) is 3.25. The van der Waals surface area contributed by atoms with Crippen LogP contribution in [-0.4, -0.2) is 27.7 Å². The maximum atomic E-state index is 13.0. The monoisotopic (exact) mass is 437 g/mol. The number of nitrogens with one attached hydrogen (secondary N) is 1. The van der Waals surface area contributed by atoms with E-state index in [-0.39, 0.29) is 23.6 Å². The summed E-state index contributed by atoms with van der Waals surface area (Å²) < 4.78 is 6.85. The first-order valence-corrected chi connectivity index (χ1v) is 10.8. The molecule has 0 radical (unpaired) electrons. The minimum absolute atomic E-state index is 0.0393. The normalized spacial score (nSPS) is 15.3. The average molecular weight is 438 g/mol. The number of aromatic nitrogens is 2. The number of phenolic OH excluding ortho intramolecular Hbond substituents is 1. The molecule has 1 aliphatic heterocycles. The Kier molecular flexibility index (Phi) is 5.73. The van der Waals surface area contributed by atoms with Gasteiger partial charge in [-0.2, -0.15) is 4.98 Å². The maximum Gasteiger partial charge on any atom is 0.279 e. The second-order valence-electron chi connectivity index (χ2n) is 7.53. The van der Waals surface area contributed by atoms with Crippen LogP contribution in [0.2, 0.25) is 0 Å². The third-order valence-electron chi connectivity index (χ3n) is 5.39. The molecule has 0 saturated heterocycles. The van der Waals surface area contributed by atoms with E-state index >= 15 is 0 Å². The van der Waals surface area contributed by atoms with Gasteiger partial charge in [0.1, 0.15) is 5.82 Å². The highest BCUT2D eigenvalue weighted by Crippen LogP contribution is 2.38. The van der Waals surface area contributed by atoms with Gasteiger partial charge >= 0.3 is 0 Å². The van der Waals surface area contributed by atoms with Gasteiger partial charge in [0.2, 0.25) is 5.91 Å². The molecule has 0 saturated carbocycles. The molecule has 3 aromatic rings. The number of anilines is 1. The van der Waals surface area contributed by atoms with Gasteiger partial charge < -0.3 is 19.7 Å². The van der Waals surface area contributed by atoms with Crippen molar-refractivity contribution in [3.8, 4) is 11.5 Å². The lowest BCUT2D eigenvalue weighted by molar-refractivity contribution is -0.116. The fourth-order valence-electron chi connectivity index (χ4n) is 3.71. The van der Waals surface area contributed by atoms with E-state index in [9.17, 15) is 14.7 Å². The predicted octanol–water partition coefficient (Wildman–Crippen LogP) is 3.57. The number of aromatic hydroxyl groups is 1. The van der Waals surface area contributed by atoms with E-state index in [1.54, 1.807) is 23.7 Å². The van der Waals surface area contributed by atoms with Crippen LogP contribution in [0.15, 0.2) is 52.4 Å². The van der Waals surface area contributed by atoms with Gasteiger partial charge in [-0.3, -0.25) is 9.59 Å². The predicted molar refractivity (Wildman–Crippen MR) is 120 cm³/mol. The number of phenols is 1. The Morgan fingerprint density at radius 1 is 1.23 bits per heavy atom. The van der Waals surface area contributed by atoms with Crippen molar-refractivity contribution in [1.82, 2.24) is 9.55 Å². The molecule has 4 rings (SSSR count). The van der Waals surface area contributed by atoms with Gasteiger partial charge in [0.05, 0.1) is 12.7 Å². The van der Waals surface area contributed by atoms with Crippen molar-refractivity contribution < 1.29 is 14.6 Å². The van der Waals surface area contributed by atoms with Gasteiger partial charge in [-0.1, -0.05) is 47.7 Å². The van der Waals surface area contributed by atoms with E-state index in [0.717, 1.165) is 5.56 Å². The Morgan fingerprint density at radius 3 is 2.65 bits per heavy atom. The van der Waals surface area contributed by atoms with Crippen LogP contribution < -0.4 is 15.6 Å². The van der Waals surface area contributed by atoms with E-state index in [2.05, 4.69) is 10.3 Å². The molecule has 1 aliphatic rings. The van der Waals surface area contributed by atoms with E-state index in [1.807, 2.05) is 31.2 Å². The lowest BCUT2D eigenvalue weighted by Gasteiger charge is -2.27. The smallest absolute Gasteiger partial charge is 0.279 e. The van der Waals surface area contributed by atoms with Crippen molar-refractivity contribution in [3.05, 3.63) is 75.1 Å². The highest BCUT2D eigenvalue weighted by molar-refractivity contribution is 7.98. The van der Waals surface area contributed by atoms with Gasteiger partial charge in [0, 0.05) is 25.1 Å². The zero-order valence-corrected chi connectivity index (χ0v) is 18.3. The minimum atomic E-state index is -0.497. The van der Waals surface area contributed by atoms with E-state index < -0.39 is 5.92 Å². The molecule has 1 aromatic heterocycles. The largest absolute Gasteiger partial charge is 0.504 e. The Labute approximate surface area is 184 Å². The number of aryl methyl sites for hydroxylation is 1. The van der Waals surface area contributed by atoms with Crippen LogP contribution in [0.5, 0.6) is 11.5 Å². The summed E-state index contributed by atoms with van der Waals surface area (Å²) in [4.78, 5) is 29.8. The average Bonchev–Trinajstić information content (AvgIpc) is 2.75. The topological polar surface area (TPSA) is 93.5 Å². The summed E-state index contributed by atoms with van der Waals surface area (Å²) in [5.41, 5.74) is 3.02. The lowest BCUT2D eigenvalue weighted by atomic mass is 9.86. The maximum absolute atomic E-state index is 13.0. The Balaban J connectivity index is 1.70. The molecule has 7 nitrogen and oxygen atoms in total. The number of carbonyl (C=O) groups excluding carboxylic acids is 1. The van der Waals surface area contributed by atoms with Gasteiger partial charge in [-0.05, 0) is 30.2 Å². The fraction of sp³-hybridized carbons (Fsp3) is 0.261. The van der Waals surface area contributed by atoms with Crippen LogP contribution in [0.1, 0.15) is 34.6 Å². The Morgan fingerprint density at radius 2 is 1.97 bits per heavy atom. The highest BCUT2D eigenvalue weighted by atomic mass is 32.2. The van der Waals surface area contributed by atoms with Crippen LogP contribution in [0.3, 0.4) is 0 Å². The first kappa shape index (κ1) is 21.0. The standard InChI is InChI=1S/C23H23N3O4S/c1-13-4-6-14(7-5-13)12-31-23-25-22(29)20-16(11-19(28)24-21(20)26(23)2)15-8-9-18(30-3)17(27)10-15/h4-10,16,27H,11-12H2,1-3H3,(H,24,28). The number of thioether (sulfide) groups is 1. The number of benzene rings is 2. The number of nitrogens with zero attached hydrogens (tertiary/aromatic N) is 2. The molecule has 1 atom stereocenters. The van der Waals surface area contributed by atoms with Crippen molar-refractivity contribution in [2.45, 2.75) is 30.2 Å². The van der Waals surface area contributed by atoms with Crippen molar-refractivity contribution in [2.75, 3.05) is 12.4 Å². The summed E-state index contributed by atoms with van der Waals surface area (Å²) in [6.07, 6.45) is 0.103. The molecule has 0 bridgehead atoms. The number of rotatable bonds is 5. The number of methoxy groups -OCH3 is 1. The number of ether oxygens (including phenoxy) is 1.